The summed E-state index contributed by atoms with van der Waals surface area (Å²) in [5.41, 5.74) is 0.824. The predicted octanol–water partition coefficient (Wildman–Crippen LogP) is 2.57. The molecule has 1 atom stereocenters. The van der Waals surface area contributed by atoms with E-state index < -0.39 is 0 Å². The van der Waals surface area contributed by atoms with Crippen molar-refractivity contribution < 1.29 is 9.72 Å². The summed E-state index contributed by atoms with van der Waals surface area (Å²) in [6.45, 7) is 3.10. The molecule has 0 bridgehead atoms. The van der Waals surface area contributed by atoms with Gasteiger partial charge in [0.25, 0.3) is 5.69 Å². The lowest BCUT2D eigenvalue weighted by Gasteiger charge is -2.31. The predicted molar refractivity (Wildman–Crippen MR) is 83.9 cm³/mol. The molecule has 6 nitrogen and oxygen atoms in total. The number of carbonyl (C=O) groups is 1. The van der Waals surface area contributed by atoms with Gasteiger partial charge in [-0.3, -0.25) is 14.9 Å². The van der Waals surface area contributed by atoms with E-state index in [1.165, 1.54) is 0 Å². The number of benzene rings is 1. The topological polar surface area (TPSA) is 66.7 Å². The Hall–Kier alpha value is -2.11. The van der Waals surface area contributed by atoms with Gasteiger partial charge in [-0.1, -0.05) is 12.1 Å². The van der Waals surface area contributed by atoms with Gasteiger partial charge in [0.05, 0.1) is 4.92 Å². The van der Waals surface area contributed by atoms with Crippen molar-refractivity contribution in [3.05, 3.63) is 34.4 Å². The van der Waals surface area contributed by atoms with Crippen LogP contribution in [-0.4, -0.2) is 40.9 Å². The van der Waals surface area contributed by atoms with E-state index in [0.29, 0.717) is 18.3 Å². The fourth-order valence-electron chi connectivity index (χ4n) is 3.35. The molecule has 1 aliphatic carbocycles. The van der Waals surface area contributed by atoms with Crippen LogP contribution < -0.4 is 4.90 Å². The molecule has 6 heteroatoms. The van der Waals surface area contributed by atoms with Gasteiger partial charge in [-0.15, -0.1) is 0 Å². The number of hydrogen-bond donors (Lipinski definition) is 0. The van der Waals surface area contributed by atoms with E-state index in [-0.39, 0.29) is 22.6 Å². The van der Waals surface area contributed by atoms with E-state index in [1.807, 2.05) is 17.0 Å². The molecule has 118 valence electrons. The number of amides is 1. The SMILES string of the molecule is CC(=O)N(C[C@@H]1CCCN1c1ccccc1[N+](=O)[O-])C1CC1. The third kappa shape index (κ3) is 2.91. The lowest BCUT2D eigenvalue weighted by Crippen LogP contribution is -2.43. The molecule has 1 heterocycles. The summed E-state index contributed by atoms with van der Waals surface area (Å²) in [5.74, 6) is 0.108. The molecule has 1 aliphatic heterocycles. The van der Waals surface area contributed by atoms with Crippen molar-refractivity contribution in [3.63, 3.8) is 0 Å². The zero-order chi connectivity index (χ0) is 15.7. The van der Waals surface area contributed by atoms with E-state index >= 15 is 0 Å². The monoisotopic (exact) mass is 303 g/mol. The summed E-state index contributed by atoms with van der Waals surface area (Å²) in [7, 11) is 0. The van der Waals surface area contributed by atoms with E-state index in [1.54, 1.807) is 19.1 Å². The molecule has 1 saturated carbocycles. The summed E-state index contributed by atoms with van der Waals surface area (Å²) in [4.78, 5) is 26.8. The van der Waals surface area contributed by atoms with Crippen molar-refractivity contribution in [2.45, 2.75) is 44.7 Å². The summed E-state index contributed by atoms with van der Waals surface area (Å²) in [5, 5.41) is 11.2. The number of para-hydroxylation sites is 2. The number of nitro benzene ring substituents is 1. The van der Waals surface area contributed by atoms with Crippen LogP contribution in [-0.2, 0) is 4.79 Å². The van der Waals surface area contributed by atoms with Crippen LogP contribution in [0.5, 0.6) is 0 Å². The molecule has 1 aromatic carbocycles. The van der Waals surface area contributed by atoms with Crippen LogP contribution in [0.25, 0.3) is 0 Å². The first kappa shape index (κ1) is 14.8. The van der Waals surface area contributed by atoms with Crippen molar-refractivity contribution in [3.8, 4) is 0 Å². The molecule has 1 amide bonds. The molecule has 1 aromatic rings. The van der Waals surface area contributed by atoms with Gasteiger partial charge in [0, 0.05) is 38.2 Å². The van der Waals surface area contributed by atoms with Gasteiger partial charge in [-0.2, -0.15) is 0 Å². The number of hydrogen-bond acceptors (Lipinski definition) is 4. The smallest absolute Gasteiger partial charge is 0.292 e. The van der Waals surface area contributed by atoms with E-state index in [0.717, 1.165) is 32.2 Å². The molecule has 0 aromatic heterocycles. The first-order valence-electron chi connectivity index (χ1n) is 7.85. The summed E-state index contributed by atoms with van der Waals surface area (Å²) in [6.07, 6.45) is 4.14. The minimum absolute atomic E-state index is 0.108. The maximum Gasteiger partial charge on any atom is 0.292 e. The van der Waals surface area contributed by atoms with E-state index in [4.69, 9.17) is 0 Å². The third-order valence-electron chi connectivity index (χ3n) is 4.56. The molecule has 22 heavy (non-hydrogen) atoms. The summed E-state index contributed by atoms with van der Waals surface area (Å²) < 4.78 is 0. The molecular weight excluding hydrogens is 282 g/mol. The average Bonchev–Trinajstić information content (AvgIpc) is 3.22. The molecule has 0 N–H and O–H groups in total. The zero-order valence-electron chi connectivity index (χ0n) is 12.8. The molecular formula is C16H21N3O3. The summed E-state index contributed by atoms with van der Waals surface area (Å²) in [6, 6.07) is 7.44. The Morgan fingerprint density at radius 3 is 2.73 bits per heavy atom. The molecule has 2 aliphatic rings. The highest BCUT2D eigenvalue weighted by Gasteiger charge is 2.36. The van der Waals surface area contributed by atoms with Crippen molar-refractivity contribution in [1.82, 2.24) is 4.90 Å². The Morgan fingerprint density at radius 1 is 1.36 bits per heavy atom. The lowest BCUT2D eigenvalue weighted by atomic mass is 10.1. The number of rotatable bonds is 5. The molecule has 0 unspecified atom stereocenters. The van der Waals surface area contributed by atoms with Gasteiger partial charge in [0.1, 0.15) is 5.69 Å². The lowest BCUT2D eigenvalue weighted by molar-refractivity contribution is -0.384. The van der Waals surface area contributed by atoms with E-state index in [2.05, 4.69) is 4.90 Å². The first-order valence-corrected chi connectivity index (χ1v) is 7.85. The van der Waals surface area contributed by atoms with Crippen LogP contribution >= 0.6 is 0 Å². The highest BCUT2D eigenvalue weighted by atomic mass is 16.6. The quantitative estimate of drug-likeness (QED) is 0.619. The van der Waals surface area contributed by atoms with Crippen molar-refractivity contribution in [2.75, 3.05) is 18.0 Å². The third-order valence-corrected chi connectivity index (χ3v) is 4.56. The largest absolute Gasteiger partial charge is 0.361 e. The Labute approximate surface area is 129 Å². The first-order chi connectivity index (χ1) is 10.6. The molecule has 3 rings (SSSR count). The molecule has 1 saturated heterocycles. The van der Waals surface area contributed by atoms with Crippen LogP contribution in [0.15, 0.2) is 24.3 Å². The average molecular weight is 303 g/mol. The van der Waals surface area contributed by atoms with Crippen molar-refractivity contribution in [1.29, 1.82) is 0 Å². The Balaban J connectivity index is 1.81. The molecule has 2 fully saturated rings. The number of anilines is 1. The van der Waals surface area contributed by atoms with Crippen LogP contribution in [0.4, 0.5) is 11.4 Å². The van der Waals surface area contributed by atoms with Gasteiger partial charge in [-0.05, 0) is 31.7 Å². The van der Waals surface area contributed by atoms with Crippen LogP contribution in [0.1, 0.15) is 32.6 Å². The van der Waals surface area contributed by atoms with Gasteiger partial charge in [0.2, 0.25) is 5.91 Å². The van der Waals surface area contributed by atoms with Gasteiger partial charge >= 0.3 is 0 Å². The fourth-order valence-corrected chi connectivity index (χ4v) is 3.35. The molecule has 0 radical (unpaired) electrons. The van der Waals surface area contributed by atoms with Crippen LogP contribution in [0, 0.1) is 10.1 Å². The van der Waals surface area contributed by atoms with Gasteiger partial charge in [0.15, 0.2) is 0 Å². The Bertz CT molecular complexity index is 586. The van der Waals surface area contributed by atoms with Crippen LogP contribution in [0.3, 0.4) is 0 Å². The second-order valence-electron chi connectivity index (χ2n) is 6.14. The summed E-state index contributed by atoms with van der Waals surface area (Å²) >= 11 is 0. The number of carbonyl (C=O) groups excluding carboxylic acids is 1. The van der Waals surface area contributed by atoms with Crippen LogP contribution in [0.2, 0.25) is 0 Å². The highest BCUT2D eigenvalue weighted by Crippen LogP contribution is 2.35. The standard InChI is InChI=1S/C16H21N3O3/c1-12(20)18(13-8-9-13)11-14-5-4-10-17(14)15-6-2-3-7-16(15)19(21)22/h2-3,6-7,13-14H,4-5,8-11H2,1H3/t14-/m0/s1. The van der Waals surface area contributed by atoms with Crippen molar-refractivity contribution >= 4 is 17.3 Å². The Morgan fingerprint density at radius 2 is 2.09 bits per heavy atom. The minimum atomic E-state index is -0.325. The maximum absolute atomic E-state index is 11.8. The van der Waals surface area contributed by atoms with Gasteiger partial charge in [-0.25, -0.2) is 0 Å². The highest BCUT2D eigenvalue weighted by molar-refractivity contribution is 5.74. The number of nitro groups is 1. The number of nitrogens with zero attached hydrogens (tertiary/aromatic N) is 3. The van der Waals surface area contributed by atoms with Crippen molar-refractivity contribution in [2.24, 2.45) is 0 Å². The normalized spacial score (nSPS) is 21.0. The minimum Gasteiger partial charge on any atom is -0.361 e. The van der Waals surface area contributed by atoms with E-state index in [9.17, 15) is 14.9 Å². The molecule has 0 spiro atoms. The van der Waals surface area contributed by atoms with Gasteiger partial charge < -0.3 is 9.80 Å². The zero-order valence-corrected chi connectivity index (χ0v) is 12.8. The second kappa shape index (κ2) is 5.94. The second-order valence-corrected chi connectivity index (χ2v) is 6.14. The Kier molecular flexibility index (Phi) is 4.00. The maximum atomic E-state index is 11.8. The fraction of sp³-hybridized carbons (Fsp3) is 0.562.